The van der Waals surface area contributed by atoms with Crippen LogP contribution in [0.3, 0.4) is 0 Å². The number of rotatable bonds is 15. The summed E-state index contributed by atoms with van der Waals surface area (Å²) in [5.41, 5.74) is 7.79. The van der Waals surface area contributed by atoms with E-state index in [4.69, 9.17) is 35.5 Å². The van der Waals surface area contributed by atoms with Crippen LogP contribution in [0.4, 0.5) is 0 Å². The van der Waals surface area contributed by atoms with Gasteiger partial charge in [-0.3, -0.25) is 4.90 Å². The number of aliphatic hydroxyl groups is 1. The zero-order valence-electron chi connectivity index (χ0n) is 27.5. The summed E-state index contributed by atoms with van der Waals surface area (Å²) in [6.45, 7) is 11.8. The fourth-order valence-electron chi connectivity index (χ4n) is 5.90. The minimum Gasteiger partial charge on any atom is -0.488 e. The highest BCUT2D eigenvalue weighted by Crippen LogP contribution is 2.34. The third kappa shape index (κ3) is 8.13. The van der Waals surface area contributed by atoms with Crippen molar-refractivity contribution in [1.29, 1.82) is 0 Å². The molecule has 0 saturated carbocycles. The predicted molar refractivity (Wildman–Crippen MR) is 181 cm³/mol. The molecule has 2 aromatic heterocycles. The van der Waals surface area contributed by atoms with Crippen molar-refractivity contribution in [3.63, 3.8) is 0 Å². The lowest BCUT2D eigenvalue weighted by Gasteiger charge is -2.31. The number of alkyl halides is 1. The maximum Gasteiger partial charge on any atom is 0.345 e. The molecule has 0 saturated heterocycles. The first-order valence-corrected chi connectivity index (χ1v) is 16.6. The van der Waals surface area contributed by atoms with E-state index in [1.165, 1.54) is 27.6 Å². The Kier molecular flexibility index (Phi) is 11.9. The van der Waals surface area contributed by atoms with Gasteiger partial charge in [0.2, 0.25) is 5.88 Å². The summed E-state index contributed by atoms with van der Waals surface area (Å²) in [5.74, 6) is 1.47. The van der Waals surface area contributed by atoms with Crippen LogP contribution in [0.15, 0.2) is 54.7 Å². The molecule has 0 spiro atoms. The van der Waals surface area contributed by atoms with Gasteiger partial charge in [0.05, 0.1) is 44.4 Å². The number of hydrogen-bond donors (Lipinski definition) is 1. The number of esters is 1. The molecule has 0 aliphatic carbocycles. The second-order valence-corrected chi connectivity index (χ2v) is 11.8. The fourth-order valence-corrected chi connectivity index (χ4v) is 6.01. The molecule has 1 aliphatic heterocycles. The molecular formula is C36H43ClN4O6. The van der Waals surface area contributed by atoms with E-state index in [-0.39, 0.29) is 18.1 Å². The van der Waals surface area contributed by atoms with Gasteiger partial charge < -0.3 is 24.1 Å². The van der Waals surface area contributed by atoms with Crippen molar-refractivity contribution >= 4 is 17.6 Å². The van der Waals surface area contributed by atoms with E-state index in [1.807, 2.05) is 50.2 Å². The highest BCUT2D eigenvalue weighted by atomic mass is 35.5. The largest absolute Gasteiger partial charge is 0.488 e. The van der Waals surface area contributed by atoms with Gasteiger partial charge in [0.1, 0.15) is 17.9 Å². The number of benzene rings is 2. The Labute approximate surface area is 281 Å². The van der Waals surface area contributed by atoms with Gasteiger partial charge >= 0.3 is 5.97 Å². The second-order valence-electron chi connectivity index (χ2n) is 11.4. The third-order valence-corrected chi connectivity index (χ3v) is 8.35. The Hall–Kier alpha value is -3.96. The van der Waals surface area contributed by atoms with Crippen molar-refractivity contribution in [2.45, 2.75) is 53.4 Å². The van der Waals surface area contributed by atoms with Crippen LogP contribution >= 0.6 is 11.6 Å². The number of pyridine rings is 1. The molecule has 0 amide bonds. The average molecular weight is 663 g/mol. The predicted octanol–water partition coefficient (Wildman–Crippen LogP) is 5.68. The summed E-state index contributed by atoms with van der Waals surface area (Å²) in [6.07, 6.45) is 1.81. The number of carbonyl (C=O) groups excluding carboxylic acids is 1. The van der Waals surface area contributed by atoms with E-state index >= 15 is 0 Å². The molecular weight excluding hydrogens is 620 g/mol. The molecule has 11 heteroatoms. The Morgan fingerprint density at radius 2 is 1.89 bits per heavy atom. The van der Waals surface area contributed by atoms with E-state index in [1.54, 1.807) is 6.92 Å². The minimum atomic E-state index is -0.541. The summed E-state index contributed by atoms with van der Waals surface area (Å²) in [7, 11) is 0. The number of β-amino-alcohol motifs (C(OH)–C–C–N with tert-alkyl or cyclic N) is 1. The number of aromatic nitrogens is 3. The Morgan fingerprint density at radius 3 is 2.68 bits per heavy atom. The van der Waals surface area contributed by atoms with Gasteiger partial charge in [-0.05, 0) is 80.1 Å². The molecule has 5 rings (SSSR count). The van der Waals surface area contributed by atoms with Gasteiger partial charge in [-0.1, -0.05) is 30.3 Å². The van der Waals surface area contributed by atoms with Gasteiger partial charge in [0, 0.05) is 31.1 Å². The normalized spacial score (nSPS) is 13.7. The van der Waals surface area contributed by atoms with Crippen molar-refractivity contribution in [2.24, 2.45) is 0 Å². The van der Waals surface area contributed by atoms with E-state index in [0.717, 1.165) is 42.0 Å². The summed E-state index contributed by atoms with van der Waals surface area (Å²) in [4.78, 5) is 19.7. The van der Waals surface area contributed by atoms with Crippen LogP contribution in [0.25, 0.3) is 17.1 Å². The number of hydrogen-bond acceptors (Lipinski definition) is 9. The van der Waals surface area contributed by atoms with E-state index < -0.39 is 12.1 Å². The van der Waals surface area contributed by atoms with Gasteiger partial charge in [-0.15, -0.1) is 11.6 Å². The quantitative estimate of drug-likeness (QED) is 0.0977. The number of nitrogens with zero attached hydrogens (tertiary/aromatic N) is 4. The number of aliphatic hydroxyl groups excluding tert-OH is 1. The van der Waals surface area contributed by atoms with Crippen molar-refractivity contribution < 1.29 is 28.8 Å². The van der Waals surface area contributed by atoms with Crippen molar-refractivity contribution in [3.8, 4) is 28.7 Å². The fraction of sp³-hybridized carbons (Fsp3) is 0.417. The molecule has 0 fully saturated rings. The maximum absolute atomic E-state index is 12.5. The van der Waals surface area contributed by atoms with Gasteiger partial charge in [-0.2, -0.15) is 9.78 Å². The first-order chi connectivity index (χ1) is 22.8. The van der Waals surface area contributed by atoms with Gasteiger partial charge in [-0.25, -0.2) is 9.78 Å². The standard InChI is InChI=1S/C36H43ClN4O6/c1-5-45-35-31(36(43)46-6-2)19-38-41(35)33-12-8-11-32(39-33)30-10-7-9-24(3)34(30)47-22-27-14-13-26-20-40(17-15-29(26)25(27)4)21-28(42)23-44-18-16-37/h7-14,19,28,42H,5-6,15-18,20-23H2,1-4H3. The minimum absolute atomic E-state index is 0.249. The van der Waals surface area contributed by atoms with E-state index in [0.29, 0.717) is 50.4 Å². The van der Waals surface area contributed by atoms with E-state index in [9.17, 15) is 9.90 Å². The molecule has 1 unspecified atom stereocenters. The first kappa shape index (κ1) is 34.4. The summed E-state index contributed by atoms with van der Waals surface area (Å²) in [5, 5.41) is 14.8. The Balaban J connectivity index is 1.34. The van der Waals surface area contributed by atoms with Crippen LogP contribution < -0.4 is 9.47 Å². The number of para-hydroxylation sites is 1. The monoisotopic (exact) mass is 662 g/mol. The number of carbonyl (C=O) groups is 1. The van der Waals surface area contributed by atoms with Gasteiger partial charge in [0.25, 0.3) is 0 Å². The molecule has 3 heterocycles. The molecule has 0 radical (unpaired) electrons. The molecule has 10 nitrogen and oxygen atoms in total. The number of fused-ring (bicyclic) bond motifs is 1. The molecule has 1 atom stereocenters. The third-order valence-electron chi connectivity index (χ3n) is 8.19. The lowest BCUT2D eigenvalue weighted by molar-refractivity contribution is 0.0192. The van der Waals surface area contributed by atoms with Crippen molar-refractivity contribution in [3.05, 3.63) is 88.1 Å². The second kappa shape index (κ2) is 16.2. The molecule has 4 aromatic rings. The number of halogens is 1. The molecule has 1 N–H and O–H groups in total. The first-order valence-electron chi connectivity index (χ1n) is 16.1. The molecule has 1 aliphatic rings. The number of ether oxygens (including phenoxy) is 4. The van der Waals surface area contributed by atoms with Crippen LogP contribution in [0.1, 0.15) is 52.0 Å². The van der Waals surface area contributed by atoms with Crippen LogP contribution in [0.5, 0.6) is 11.6 Å². The highest BCUT2D eigenvalue weighted by molar-refractivity contribution is 6.17. The lowest BCUT2D eigenvalue weighted by Crippen LogP contribution is -2.38. The summed E-state index contributed by atoms with van der Waals surface area (Å²) < 4.78 is 24.5. The SMILES string of the molecule is CCOC(=O)c1cnn(-c2cccc(-c3cccc(C)c3OCc3ccc4c(c3C)CCN(CC(O)COCCCl)C4)n2)c1OCC. The molecule has 2 aromatic carbocycles. The topological polar surface area (TPSA) is 108 Å². The Bertz CT molecular complexity index is 1680. The average Bonchev–Trinajstić information content (AvgIpc) is 3.49. The highest BCUT2D eigenvalue weighted by Gasteiger charge is 2.24. The van der Waals surface area contributed by atoms with Crippen LogP contribution in [-0.4, -0.2) is 82.2 Å². The molecule has 47 heavy (non-hydrogen) atoms. The van der Waals surface area contributed by atoms with E-state index in [2.05, 4.69) is 29.1 Å². The van der Waals surface area contributed by atoms with Gasteiger partial charge in [0.15, 0.2) is 5.82 Å². The zero-order valence-corrected chi connectivity index (χ0v) is 28.3. The molecule has 250 valence electrons. The van der Waals surface area contributed by atoms with Crippen LogP contribution in [0.2, 0.25) is 0 Å². The maximum atomic E-state index is 12.5. The zero-order chi connectivity index (χ0) is 33.3. The lowest BCUT2D eigenvalue weighted by atomic mass is 9.92. The van der Waals surface area contributed by atoms with Crippen LogP contribution in [0, 0.1) is 13.8 Å². The number of aryl methyl sites for hydroxylation is 1. The summed E-state index contributed by atoms with van der Waals surface area (Å²) >= 11 is 5.67. The Morgan fingerprint density at radius 1 is 1.06 bits per heavy atom. The summed E-state index contributed by atoms with van der Waals surface area (Å²) in [6, 6.07) is 16.0. The smallest absolute Gasteiger partial charge is 0.345 e. The van der Waals surface area contributed by atoms with Crippen LogP contribution in [-0.2, 0) is 29.0 Å². The van der Waals surface area contributed by atoms with Crippen molar-refractivity contribution in [2.75, 3.05) is 45.4 Å². The molecule has 0 bridgehead atoms. The van der Waals surface area contributed by atoms with Crippen molar-refractivity contribution in [1.82, 2.24) is 19.7 Å².